The minimum atomic E-state index is -0.376. The molecule has 0 amide bonds. The highest BCUT2D eigenvalue weighted by molar-refractivity contribution is 5.29. The molecular weight excluding hydrogens is 272 g/mol. The average molecular weight is 304 g/mol. The first-order valence-electron chi connectivity index (χ1n) is 8.85. The minimum absolute atomic E-state index is 0.105. The summed E-state index contributed by atoms with van der Waals surface area (Å²) >= 11 is 0. The lowest BCUT2D eigenvalue weighted by Gasteiger charge is -2.62. The Hall–Kier alpha value is -0.600. The summed E-state index contributed by atoms with van der Waals surface area (Å²) in [6.45, 7) is 13.0. The van der Waals surface area contributed by atoms with Gasteiger partial charge < -0.3 is 10.2 Å². The van der Waals surface area contributed by atoms with E-state index in [9.17, 15) is 10.2 Å². The van der Waals surface area contributed by atoms with Crippen molar-refractivity contribution in [3.63, 3.8) is 0 Å². The van der Waals surface area contributed by atoms with Gasteiger partial charge in [-0.05, 0) is 43.4 Å². The number of fused-ring (bicyclic) bond motifs is 3. The van der Waals surface area contributed by atoms with Crippen LogP contribution in [-0.4, -0.2) is 22.4 Å². The number of hydrogen-bond acceptors (Lipinski definition) is 2. The van der Waals surface area contributed by atoms with E-state index in [1.807, 2.05) is 6.08 Å². The van der Waals surface area contributed by atoms with Crippen LogP contribution in [0.2, 0.25) is 0 Å². The van der Waals surface area contributed by atoms with Crippen LogP contribution < -0.4 is 0 Å². The van der Waals surface area contributed by atoms with Crippen molar-refractivity contribution in [1.29, 1.82) is 0 Å². The Labute approximate surface area is 135 Å². The summed E-state index contributed by atoms with van der Waals surface area (Å²) in [5.41, 5.74) is 1.30. The van der Waals surface area contributed by atoms with Crippen molar-refractivity contribution in [2.75, 3.05) is 0 Å². The lowest BCUT2D eigenvalue weighted by atomic mass is 9.44. The van der Waals surface area contributed by atoms with E-state index in [4.69, 9.17) is 0 Å². The maximum Gasteiger partial charge on any atom is 0.0623 e. The van der Waals surface area contributed by atoms with Crippen molar-refractivity contribution in [2.45, 2.75) is 72.0 Å². The van der Waals surface area contributed by atoms with Gasteiger partial charge in [0.2, 0.25) is 0 Å². The molecule has 0 spiro atoms. The first-order chi connectivity index (χ1) is 10.1. The molecule has 0 aromatic carbocycles. The SMILES string of the molecule is C=C[C@]1(C)C=C2CC[C@H]3C(C)(C)CC[C@@H](O)[C@]3(C)[C@H]2[C@H](O)C1. The monoisotopic (exact) mass is 304 g/mol. The van der Waals surface area contributed by atoms with Crippen molar-refractivity contribution in [2.24, 2.45) is 28.1 Å². The molecule has 2 fully saturated rings. The van der Waals surface area contributed by atoms with Crippen LogP contribution in [0.25, 0.3) is 0 Å². The van der Waals surface area contributed by atoms with Gasteiger partial charge >= 0.3 is 0 Å². The standard InChI is InChI=1S/C20H32O2/c1-6-19(4)11-13-7-8-15-18(2,3)10-9-16(22)20(15,5)17(13)14(21)12-19/h6,11,14-17,21-22H,1,7-10,12H2,2-5H3/t14-,15+,16-,17-,19-,20-/m1/s1. The van der Waals surface area contributed by atoms with Gasteiger partial charge in [-0.2, -0.15) is 0 Å². The largest absolute Gasteiger partial charge is 0.393 e. The topological polar surface area (TPSA) is 40.5 Å². The van der Waals surface area contributed by atoms with Crippen molar-refractivity contribution in [3.05, 3.63) is 24.3 Å². The van der Waals surface area contributed by atoms with Gasteiger partial charge in [0.05, 0.1) is 12.2 Å². The zero-order valence-corrected chi connectivity index (χ0v) is 14.6. The Morgan fingerprint density at radius 1 is 1.18 bits per heavy atom. The summed E-state index contributed by atoms with van der Waals surface area (Å²) in [6, 6.07) is 0. The average Bonchev–Trinajstić information content (AvgIpc) is 2.42. The molecule has 3 aliphatic rings. The van der Waals surface area contributed by atoms with Crippen LogP contribution in [-0.2, 0) is 0 Å². The fourth-order valence-corrected chi connectivity index (χ4v) is 6.08. The molecule has 0 radical (unpaired) electrons. The Morgan fingerprint density at radius 3 is 2.50 bits per heavy atom. The fourth-order valence-electron chi connectivity index (χ4n) is 6.08. The van der Waals surface area contributed by atoms with Crippen molar-refractivity contribution in [1.82, 2.24) is 0 Å². The lowest BCUT2D eigenvalue weighted by Crippen LogP contribution is -2.60. The van der Waals surface area contributed by atoms with Gasteiger partial charge in [-0.25, -0.2) is 0 Å². The molecule has 0 heterocycles. The molecular formula is C20H32O2. The van der Waals surface area contributed by atoms with E-state index >= 15 is 0 Å². The van der Waals surface area contributed by atoms with E-state index < -0.39 is 0 Å². The maximum absolute atomic E-state index is 11.0. The second kappa shape index (κ2) is 4.95. The summed E-state index contributed by atoms with van der Waals surface area (Å²) in [5, 5.41) is 21.8. The van der Waals surface area contributed by atoms with Crippen LogP contribution >= 0.6 is 0 Å². The number of aliphatic hydroxyl groups excluding tert-OH is 2. The van der Waals surface area contributed by atoms with Gasteiger partial charge in [0, 0.05) is 16.7 Å². The molecule has 124 valence electrons. The first-order valence-corrected chi connectivity index (χ1v) is 8.85. The van der Waals surface area contributed by atoms with Crippen LogP contribution in [0.15, 0.2) is 24.3 Å². The molecule has 6 atom stereocenters. The molecule has 22 heavy (non-hydrogen) atoms. The summed E-state index contributed by atoms with van der Waals surface area (Å²) in [6.07, 6.45) is 8.48. The summed E-state index contributed by atoms with van der Waals surface area (Å²) in [5.74, 6) is 0.586. The highest BCUT2D eigenvalue weighted by Gasteiger charge is 2.60. The van der Waals surface area contributed by atoms with Crippen LogP contribution in [0, 0.1) is 28.1 Å². The molecule has 2 saturated carbocycles. The summed E-state index contributed by atoms with van der Waals surface area (Å²) < 4.78 is 0. The zero-order valence-electron chi connectivity index (χ0n) is 14.6. The van der Waals surface area contributed by atoms with Gasteiger partial charge in [-0.1, -0.05) is 45.4 Å². The second-order valence-corrected chi connectivity index (χ2v) is 9.18. The summed E-state index contributed by atoms with van der Waals surface area (Å²) in [4.78, 5) is 0. The highest BCUT2D eigenvalue weighted by atomic mass is 16.3. The Bertz CT molecular complexity index is 506. The zero-order chi connectivity index (χ0) is 16.3. The van der Waals surface area contributed by atoms with Crippen LogP contribution in [0.5, 0.6) is 0 Å². The van der Waals surface area contributed by atoms with Crippen molar-refractivity contribution >= 4 is 0 Å². The number of allylic oxidation sites excluding steroid dienone is 2. The van der Waals surface area contributed by atoms with E-state index in [0.29, 0.717) is 5.92 Å². The maximum atomic E-state index is 11.0. The van der Waals surface area contributed by atoms with Crippen molar-refractivity contribution in [3.8, 4) is 0 Å². The number of hydrogen-bond donors (Lipinski definition) is 2. The molecule has 0 aromatic rings. The molecule has 0 unspecified atom stereocenters. The highest BCUT2D eigenvalue weighted by Crippen LogP contribution is 2.63. The predicted molar refractivity (Wildman–Crippen MR) is 90.4 cm³/mol. The lowest BCUT2D eigenvalue weighted by molar-refractivity contribution is -0.163. The molecule has 3 aliphatic carbocycles. The third-order valence-corrected chi connectivity index (χ3v) is 7.28. The molecule has 0 saturated heterocycles. The molecule has 2 N–H and O–H groups in total. The normalized spacial score (nSPS) is 50.5. The van der Waals surface area contributed by atoms with Gasteiger partial charge in [0.15, 0.2) is 0 Å². The van der Waals surface area contributed by atoms with Gasteiger partial charge in [-0.15, -0.1) is 6.58 Å². The quantitative estimate of drug-likeness (QED) is 0.717. The molecule has 0 aliphatic heterocycles. The van der Waals surface area contributed by atoms with Crippen molar-refractivity contribution < 1.29 is 10.2 Å². The third kappa shape index (κ3) is 2.14. The van der Waals surface area contributed by atoms with Gasteiger partial charge in [0.25, 0.3) is 0 Å². The van der Waals surface area contributed by atoms with Gasteiger partial charge in [-0.3, -0.25) is 0 Å². The molecule has 0 bridgehead atoms. The Balaban J connectivity index is 2.07. The molecule has 3 rings (SSSR count). The summed E-state index contributed by atoms with van der Waals surface area (Å²) in [7, 11) is 0. The van der Waals surface area contributed by atoms with E-state index in [1.54, 1.807) is 0 Å². The van der Waals surface area contributed by atoms with E-state index in [-0.39, 0.29) is 34.4 Å². The first kappa shape index (κ1) is 16.3. The Kier molecular flexibility index (Phi) is 3.66. The molecule has 0 aromatic heterocycles. The molecule has 2 heteroatoms. The fraction of sp³-hybridized carbons (Fsp3) is 0.800. The predicted octanol–water partition coefficient (Wildman–Crippen LogP) is 4.08. The van der Waals surface area contributed by atoms with E-state index in [0.717, 1.165) is 32.1 Å². The minimum Gasteiger partial charge on any atom is -0.393 e. The van der Waals surface area contributed by atoms with E-state index in [2.05, 4.69) is 40.3 Å². The second-order valence-electron chi connectivity index (χ2n) is 9.18. The molecule has 2 nitrogen and oxygen atoms in total. The van der Waals surface area contributed by atoms with E-state index in [1.165, 1.54) is 5.57 Å². The van der Waals surface area contributed by atoms with Crippen LogP contribution in [0.4, 0.5) is 0 Å². The number of rotatable bonds is 1. The van der Waals surface area contributed by atoms with Crippen LogP contribution in [0.3, 0.4) is 0 Å². The Morgan fingerprint density at radius 2 is 1.86 bits per heavy atom. The van der Waals surface area contributed by atoms with Crippen LogP contribution in [0.1, 0.15) is 59.8 Å². The third-order valence-electron chi connectivity index (χ3n) is 7.28. The van der Waals surface area contributed by atoms with Gasteiger partial charge in [0.1, 0.15) is 0 Å². The smallest absolute Gasteiger partial charge is 0.0623 e. The number of aliphatic hydroxyl groups is 2.